The second-order valence-corrected chi connectivity index (χ2v) is 9.40. The zero-order valence-electron chi connectivity index (χ0n) is 16.9. The molecule has 31 heavy (non-hydrogen) atoms. The number of hydrogen-bond donors (Lipinski definition) is 2. The van der Waals surface area contributed by atoms with E-state index in [0.717, 1.165) is 17.6 Å². The number of carbonyl (C=O) groups is 2. The van der Waals surface area contributed by atoms with E-state index < -0.39 is 22.2 Å². The molecule has 0 radical (unpaired) electrons. The van der Waals surface area contributed by atoms with Gasteiger partial charge in [0.2, 0.25) is 15.9 Å². The molecule has 1 heterocycles. The Balaban J connectivity index is 0.000000592. The summed E-state index contributed by atoms with van der Waals surface area (Å²) in [6, 6.07) is 6.59. The van der Waals surface area contributed by atoms with Gasteiger partial charge in [-0.15, -0.1) is 0 Å². The highest BCUT2D eigenvalue weighted by Crippen LogP contribution is 2.19. The van der Waals surface area contributed by atoms with Crippen LogP contribution in [0.2, 0.25) is 0 Å². The summed E-state index contributed by atoms with van der Waals surface area (Å²) < 4.78 is 59.6. The Labute approximate surface area is 187 Å². The van der Waals surface area contributed by atoms with Crippen molar-refractivity contribution in [1.29, 1.82) is 0 Å². The van der Waals surface area contributed by atoms with Crippen molar-refractivity contribution in [3.63, 3.8) is 0 Å². The Kier molecular flexibility index (Phi) is 10.9. The Morgan fingerprint density at radius 3 is 2.13 bits per heavy atom. The lowest BCUT2D eigenvalue weighted by Gasteiger charge is -2.28. The summed E-state index contributed by atoms with van der Waals surface area (Å²) in [4.78, 5) is 23.2. The van der Waals surface area contributed by atoms with Crippen molar-refractivity contribution in [3.05, 3.63) is 28.7 Å². The van der Waals surface area contributed by atoms with Crippen molar-refractivity contribution in [2.45, 2.75) is 30.8 Å². The number of nitrogens with one attached hydrogen (secondary N) is 1. The molecule has 2 N–H and O–H groups in total. The minimum atomic E-state index is -5.08. The highest BCUT2D eigenvalue weighted by atomic mass is 79.9. The van der Waals surface area contributed by atoms with Crippen molar-refractivity contribution >= 4 is 37.8 Å². The molecular formula is C18H25BrF3N3O5S. The molecule has 1 aliphatic rings. The van der Waals surface area contributed by atoms with Crippen molar-refractivity contribution < 1.29 is 36.3 Å². The zero-order valence-corrected chi connectivity index (χ0v) is 19.3. The van der Waals surface area contributed by atoms with Crippen LogP contribution in [0.25, 0.3) is 0 Å². The zero-order chi connectivity index (χ0) is 23.7. The second-order valence-electron chi connectivity index (χ2n) is 6.54. The molecule has 0 unspecified atom stereocenters. The molecule has 1 aromatic rings. The molecule has 0 aliphatic carbocycles. The third-order valence-electron chi connectivity index (χ3n) is 4.21. The predicted molar refractivity (Wildman–Crippen MR) is 111 cm³/mol. The van der Waals surface area contributed by atoms with E-state index in [0.29, 0.717) is 26.1 Å². The quantitative estimate of drug-likeness (QED) is 0.559. The van der Waals surface area contributed by atoms with Gasteiger partial charge in [0.25, 0.3) is 0 Å². The number of sulfonamides is 1. The topological polar surface area (TPSA) is 107 Å². The summed E-state index contributed by atoms with van der Waals surface area (Å²) in [5, 5.41) is 10.3. The summed E-state index contributed by atoms with van der Waals surface area (Å²) in [7, 11) is -3.58. The van der Waals surface area contributed by atoms with Gasteiger partial charge in [-0.05, 0) is 30.7 Å². The van der Waals surface area contributed by atoms with E-state index in [2.05, 4.69) is 21.2 Å². The number of alkyl halides is 3. The van der Waals surface area contributed by atoms with Crippen LogP contribution in [0.5, 0.6) is 0 Å². The number of piperazine rings is 1. The molecule has 176 valence electrons. The van der Waals surface area contributed by atoms with Crippen LogP contribution in [-0.4, -0.2) is 80.1 Å². The van der Waals surface area contributed by atoms with Gasteiger partial charge in [0, 0.05) is 50.2 Å². The van der Waals surface area contributed by atoms with Crippen LogP contribution in [-0.2, 0) is 19.6 Å². The predicted octanol–water partition coefficient (Wildman–Crippen LogP) is 2.30. The van der Waals surface area contributed by atoms with Gasteiger partial charge in [-0.2, -0.15) is 17.5 Å². The fourth-order valence-corrected chi connectivity index (χ4v) is 4.45. The second kappa shape index (κ2) is 12.4. The van der Waals surface area contributed by atoms with E-state index in [1.165, 1.54) is 4.31 Å². The number of amides is 1. The number of carboxylic acid groups (broad SMARTS) is 1. The fourth-order valence-electron chi connectivity index (χ4n) is 2.65. The van der Waals surface area contributed by atoms with Gasteiger partial charge in [0.05, 0.1) is 4.90 Å². The Hall–Kier alpha value is -1.70. The number of benzene rings is 1. The molecule has 2 rings (SSSR count). The van der Waals surface area contributed by atoms with Crippen LogP contribution >= 0.6 is 15.9 Å². The normalized spacial score (nSPS) is 14.7. The molecule has 0 aromatic heterocycles. The van der Waals surface area contributed by atoms with E-state index in [1.807, 2.05) is 6.92 Å². The smallest absolute Gasteiger partial charge is 0.475 e. The Morgan fingerprint density at radius 2 is 1.68 bits per heavy atom. The third-order valence-corrected chi connectivity index (χ3v) is 6.65. The molecule has 0 atom stereocenters. The van der Waals surface area contributed by atoms with Crippen molar-refractivity contribution in [2.24, 2.45) is 0 Å². The fraction of sp³-hybridized carbons (Fsp3) is 0.556. The van der Waals surface area contributed by atoms with Gasteiger partial charge in [0.1, 0.15) is 0 Å². The standard InChI is InChI=1S/C16H24BrN3O3S.C2HF3O2/c1-2-10-20(11-7-16(21)19-12-8-18-9-13-19)24(22,23)15-5-3-14(17)4-6-15;3-2(4,5)1(6)7/h3-6,18H,2,7-13H2,1H3;(H,6,7). The first-order valence-electron chi connectivity index (χ1n) is 9.44. The highest BCUT2D eigenvalue weighted by Gasteiger charge is 2.38. The van der Waals surface area contributed by atoms with Gasteiger partial charge in [-0.1, -0.05) is 22.9 Å². The van der Waals surface area contributed by atoms with Crippen molar-refractivity contribution in [1.82, 2.24) is 14.5 Å². The van der Waals surface area contributed by atoms with Crippen LogP contribution in [0.4, 0.5) is 13.2 Å². The summed E-state index contributed by atoms with van der Waals surface area (Å²) >= 11 is 3.31. The van der Waals surface area contributed by atoms with Crippen molar-refractivity contribution in [3.8, 4) is 0 Å². The summed E-state index contributed by atoms with van der Waals surface area (Å²) in [5.41, 5.74) is 0. The van der Waals surface area contributed by atoms with E-state index in [9.17, 15) is 26.4 Å². The van der Waals surface area contributed by atoms with Gasteiger partial charge >= 0.3 is 12.1 Å². The first kappa shape index (κ1) is 27.3. The Bertz CT molecular complexity index is 829. The SMILES string of the molecule is CCCN(CCC(=O)N1CCNCC1)S(=O)(=O)c1ccc(Br)cc1.O=C(O)C(F)(F)F. The molecule has 1 aliphatic heterocycles. The minimum Gasteiger partial charge on any atom is -0.475 e. The average molecular weight is 532 g/mol. The monoisotopic (exact) mass is 531 g/mol. The number of halogens is 4. The number of aliphatic carboxylic acids is 1. The third kappa shape index (κ3) is 9.13. The van der Waals surface area contributed by atoms with E-state index in [4.69, 9.17) is 9.90 Å². The number of hydrogen-bond acceptors (Lipinski definition) is 5. The number of nitrogens with zero attached hydrogens (tertiary/aromatic N) is 2. The molecule has 1 amide bonds. The molecule has 0 bridgehead atoms. The molecular weight excluding hydrogens is 507 g/mol. The number of rotatable bonds is 7. The lowest BCUT2D eigenvalue weighted by atomic mass is 10.3. The molecule has 13 heteroatoms. The largest absolute Gasteiger partial charge is 0.490 e. The van der Waals surface area contributed by atoms with Gasteiger partial charge in [-0.25, -0.2) is 13.2 Å². The van der Waals surface area contributed by atoms with Crippen LogP contribution in [0, 0.1) is 0 Å². The first-order valence-corrected chi connectivity index (χ1v) is 11.7. The first-order chi connectivity index (χ1) is 14.4. The van der Waals surface area contributed by atoms with Crippen LogP contribution in [0.1, 0.15) is 19.8 Å². The number of carboxylic acids is 1. The Morgan fingerprint density at radius 1 is 1.16 bits per heavy atom. The maximum atomic E-state index is 12.8. The maximum Gasteiger partial charge on any atom is 0.490 e. The summed E-state index contributed by atoms with van der Waals surface area (Å²) in [6.07, 6.45) is -4.16. The summed E-state index contributed by atoms with van der Waals surface area (Å²) in [5.74, 6) is -2.74. The molecule has 1 saturated heterocycles. The van der Waals surface area contributed by atoms with Gasteiger partial charge < -0.3 is 15.3 Å². The molecule has 0 spiro atoms. The van der Waals surface area contributed by atoms with E-state index in [-0.39, 0.29) is 23.8 Å². The highest BCUT2D eigenvalue weighted by molar-refractivity contribution is 9.10. The van der Waals surface area contributed by atoms with Crippen LogP contribution < -0.4 is 5.32 Å². The lowest BCUT2D eigenvalue weighted by Crippen LogP contribution is -2.47. The molecule has 1 aromatic carbocycles. The number of carbonyl (C=O) groups excluding carboxylic acids is 1. The molecule has 1 fully saturated rings. The van der Waals surface area contributed by atoms with Crippen LogP contribution in [0.3, 0.4) is 0 Å². The van der Waals surface area contributed by atoms with E-state index in [1.54, 1.807) is 29.2 Å². The van der Waals surface area contributed by atoms with Crippen LogP contribution in [0.15, 0.2) is 33.6 Å². The minimum absolute atomic E-state index is 0.0172. The molecule has 8 nitrogen and oxygen atoms in total. The van der Waals surface area contributed by atoms with Gasteiger partial charge in [-0.3, -0.25) is 4.79 Å². The summed E-state index contributed by atoms with van der Waals surface area (Å²) in [6.45, 7) is 5.52. The van der Waals surface area contributed by atoms with Crippen molar-refractivity contribution in [2.75, 3.05) is 39.3 Å². The van der Waals surface area contributed by atoms with Gasteiger partial charge in [0.15, 0.2) is 0 Å². The van der Waals surface area contributed by atoms with E-state index >= 15 is 0 Å². The maximum absolute atomic E-state index is 12.8. The average Bonchev–Trinajstić information content (AvgIpc) is 2.71. The lowest BCUT2D eigenvalue weighted by molar-refractivity contribution is -0.192. The molecule has 0 saturated carbocycles.